The van der Waals surface area contributed by atoms with E-state index in [9.17, 15) is 14.7 Å². The zero-order valence-electron chi connectivity index (χ0n) is 16.1. The van der Waals surface area contributed by atoms with E-state index < -0.39 is 17.8 Å². The molecule has 0 radical (unpaired) electrons. The van der Waals surface area contributed by atoms with Crippen LogP contribution in [0.5, 0.6) is 11.5 Å². The Balaban J connectivity index is 1.29. The molecule has 4 aliphatic carbocycles. The zero-order valence-corrected chi connectivity index (χ0v) is 16.1. The molecule has 2 bridgehead atoms. The van der Waals surface area contributed by atoms with Crippen molar-refractivity contribution >= 4 is 17.6 Å². The van der Waals surface area contributed by atoms with E-state index in [1.165, 1.54) is 0 Å². The van der Waals surface area contributed by atoms with Crippen LogP contribution in [0.3, 0.4) is 0 Å². The SMILES string of the molecule is Cc1ccc(Oc2ccc(NC(=O)C3C4C=CC(C5CC45)C3C(=O)[O-])cc2)cc1. The average molecular weight is 388 g/mol. The van der Waals surface area contributed by atoms with Crippen molar-refractivity contribution in [1.82, 2.24) is 0 Å². The van der Waals surface area contributed by atoms with Gasteiger partial charge in [-0.1, -0.05) is 29.8 Å². The van der Waals surface area contributed by atoms with Crippen LogP contribution < -0.4 is 15.2 Å². The van der Waals surface area contributed by atoms with Gasteiger partial charge in [-0.15, -0.1) is 0 Å². The van der Waals surface area contributed by atoms with E-state index in [0.717, 1.165) is 17.7 Å². The molecule has 0 spiro atoms. The van der Waals surface area contributed by atoms with Gasteiger partial charge in [0, 0.05) is 17.6 Å². The summed E-state index contributed by atoms with van der Waals surface area (Å²) in [6.07, 6.45) is 5.04. The summed E-state index contributed by atoms with van der Waals surface area (Å²) >= 11 is 0. The summed E-state index contributed by atoms with van der Waals surface area (Å²) in [5, 5.41) is 14.7. The van der Waals surface area contributed by atoms with E-state index in [1.807, 2.05) is 43.3 Å². The number of aliphatic carboxylic acids is 1. The van der Waals surface area contributed by atoms with Gasteiger partial charge in [0.15, 0.2) is 0 Å². The van der Waals surface area contributed by atoms with Gasteiger partial charge in [0.2, 0.25) is 5.91 Å². The number of aryl methyl sites for hydroxylation is 1. The van der Waals surface area contributed by atoms with Crippen LogP contribution in [0.1, 0.15) is 12.0 Å². The Morgan fingerprint density at radius 1 is 0.897 bits per heavy atom. The van der Waals surface area contributed by atoms with Crippen LogP contribution in [0.15, 0.2) is 60.7 Å². The number of hydrogen-bond acceptors (Lipinski definition) is 4. The molecular formula is C24H22NO4-. The lowest BCUT2D eigenvalue weighted by Crippen LogP contribution is -2.52. The Kier molecular flexibility index (Phi) is 4.19. The number of carboxylic acid groups (broad SMARTS) is 1. The maximum atomic E-state index is 13.0. The minimum atomic E-state index is -1.11. The summed E-state index contributed by atoms with van der Waals surface area (Å²) in [5.74, 6) is -0.467. The molecule has 29 heavy (non-hydrogen) atoms. The van der Waals surface area contributed by atoms with E-state index in [4.69, 9.17) is 4.74 Å². The molecular weight excluding hydrogens is 366 g/mol. The number of carbonyl (C=O) groups is 2. The van der Waals surface area contributed by atoms with Crippen molar-refractivity contribution in [2.24, 2.45) is 35.5 Å². The highest BCUT2D eigenvalue weighted by Gasteiger charge is 2.61. The number of carbonyl (C=O) groups excluding carboxylic acids is 2. The standard InChI is InChI=1S/C24H23NO4/c1-13-2-6-15(7-3-13)29-16-8-4-14(5-9-16)25-23(26)21-17-10-11-18(20-12-19(17)20)22(21)24(27)28/h2-11,17-22H,12H2,1H3,(H,25,26)(H,27,28)/p-1. The van der Waals surface area contributed by atoms with Crippen LogP contribution in [0, 0.1) is 42.4 Å². The smallest absolute Gasteiger partial charge is 0.228 e. The number of amides is 1. The molecule has 2 saturated carbocycles. The number of fused-ring (bicyclic) bond motifs is 1. The summed E-state index contributed by atoms with van der Waals surface area (Å²) < 4.78 is 5.81. The largest absolute Gasteiger partial charge is 0.550 e. The fourth-order valence-corrected chi connectivity index (χ4v) is 5.13. The Morgan fingerprint density at radius 2 is 1.45 bits per heavy atom. The molecule has 5 heteroatoms. The van der Waals surface area contributed by atoms with Crippen molar-refractivity contribution in [3.05, 3.63) is 66.2 Å². The summed E-state index contributed by atoms with van der Waals surface area (Å²) in [6.45, 7) is 2.02. The monoisotopic (exact) mass is 388 g/mol. The van der Waals surface area contributed by atoms with Crippen LogP contribution in [-0.2, 0) is 9.59 Å². The van der Waals surface area contributed by atoms with Crippen molar-refractivity contribution in [3.63, 3.8) is 0 Å². The third-order valence-electron chi connectivity index (χ3n) is 6.61. The molecule has 0 aliphatic heterocycles. The highest BCUT2D eigenvalue weighted by molar-refractivity contribution is 5.96. The zero-order chi connectivity index (χ0) is 20.1. The third kappa shape index (κ3) is 3.20. The molecule has 6 unspecified atom stereocenters. The van der Waals surface area contributed by atoms with Gasteiger partial charge in [0.05, 0.1) is 5.92 Å². The predicted octanol–water partition coefficient (Wildman–Crippen LogP) is 3.16. The topological polar surface area (TPSA) is 78.5 Å². The van der Waals surface area contributed by atoms with Gasteiger partial charge in [-0.2, -0.15) is 0 Å². The molecule has 2 aromatic rings. The number of hydrogen-bond donors (Lipinski definition) is 1. The molecule has 2 fully saturated rings. The second-order valence-electron chi connectivity index (χ2n) is 8.40. The number of anilines is 1. The van der Waals surface area contributed by atoms with Crippen molar-refractivity contribution < 1.29 is 19.4 Å². The molecule has 0 saturated heterocycles. The predicted molar refractivity (Wildman–Crippen MR) is 106 cm³/mol. The molecule has 148 valence electrons. The van der Waals surface area contributed by atoms with Crippen molar-refractivity contribution in [1.29, 1.82) is 0 Å². The molecule has 0 aromatic heterocycles. The number of nitrogens with one attached hydrogen (secondary N) is 1. The summed E-state index contributed by atoms with van der Waals surface area (Å²) in [4.78, 5) is 24.8. The maximum absolute atomic E-state index is 13.0. The van der Waals surface area contributed by atoms with Crippen molar-refractivity contribution in [2.45, 2.75) is 13.3 Å². The lowest BCUT2D eigenvalue weighted by atomic mass is 9.62. The third-order valence-corrected chi connectivity index (χ3v) is 6.61. The summed E-state index contributed by atoms with van der Waals surface area (Å²) in [5.41, 5.74) is 1.79. The Morgan fingerprint density at radius 3 is 2.03 bits per heavy atom. The van der Waals surface area contributed by atoms with Crippen LogP contribution in [0.2, 0.25) is 0 Å². The maximum Gasteiger partial charge on any atom is 0.228 e. The van der Waals surface area contributed by atoms with Gasteiger partial charge in [0.1, 0.15) is 11.5 Å². The first-order chi connectivity index (χ1) is 14.0. The van der Waals surface area contributed by atoms with Gasteiger partial charge >= 0.3 is 0 Å². The Hall–Kier alpha value is -3.08. The molecule has 6 atom stereocenters. The van der Waals surface area contributed by atoms with Gasteiger partial charge in [-0.05, 0) is 73.4 Å². The first-order valence-electron chi connectivity index (χ1n) is 10.1. The molecule has 1 N–H and O–H groups in total. The number of allylic oxidation sites excluding steroid dienone is 2. The lowest BCUT2D eigenvalue weighted by molar-refractivity contribution is -0.316. The number of ether oxygens (including phenoxy) is 1. The van der Waals surface area contributed by atoms with Gasteiger partial charge in [-0.25, -0.2) is 0 Å². The fourth-order valence-electron chi connectivity index (χ4n) is 5.13. The van der Waals surface area contributed by atoms with Crippen LogP contribution >= 0.6 is 0 Å². The molecule has 6 rings (SSSR count). The van der Waals surface area contributed by atoms with Gasteiger partial charge < -0.3 is 20.0 Å². The van der Waals surface area contributed by atoms with E-state index >= 15 is 0 Å². The average Bonchev–Trinajstić information content (AvgIpc) is 3.53. The summed E-state index contributed by atoms with van der Waals surface area (Å²) in [6, 6.07) is 14.9. The minimum Gasteiger partial charge on any atom is -0.550 e. The van der Waals surface area contributed by atoms with Gasteiger partial charge in [0.25, 0.3) is 0 Å². The normalized spacial score (nSPS) is 31.1. The van der Waals surface area contributed by atoms with E-state index in [0.29, 0.717) is 23.3 Å². The Labute approximate surface area is 169 Å². The highest BCUT2D eigenvalue weighted by Crippen LogP contribution is 2.63. The second kappa shape index (κ2) is 6.76. The molecule has 4 aliphatic rings. The highest BCUT2D eigenvalue weighted by atomic mass is 16.5. The molecule has 0 heterocycles. The number of carboxylic acids is 1. The quantitative estimate of drug-likeness (QED) is 0.798. The fraction of sp³-hybridized carbons (Fsp3) is 0.333. The first kappa shape index (κ1) is 18.0. The first-order valence-corrected chi connectivity index (χ1v) is 10.1. The van der Waals surface area contributed by atoms with E-state index in [-0.39, 0.29) is 17.7 Å². The van der Waals surface area contributed by atoms with Crippen molar-refractivity contribution in [3.8, 4) is 11.5 Å². The Bertz CT molecular complexity index is 979. The second-order valence-corrected chi connectivity index (χ2v) is 8.40. The summed E-state index contributed by atoms with van der Waals surface area (Å²) in [7, 11) is 0. The van der Waals surface area contributed by atoms with Crippen LogP contribution in [-0.4, -0.2) is 11.9 Å². The van der Waals surface area contributed by atoms with Crippen LogP contribution in [0.4, 0.5) is 5.69 Å². The van der Waals surface area contributed by atoms with Crippen molar-refractivity contribution in [2.75, 3.05) is 5.32 Å². The number of benzene rings is 2. The molecule has 5 nitrogen and oxygen atoms in total. The van der Waals surface area contributed by atoms with Crippen LogP contribution in [0.25, 0.3) is 0 Å². The molecule has 1 amide bonds. The minimum absolute atomic E-state index is 0.00274. The number of rotatable bonds is 5. The molecule has 2 aromatic carbocycles. The van der Waals surface area contributed by atoms with Gasteiger partial charge in [-0.3, -0.25) is 4.79 Å². The lowest BCUT2D eigenvalue weighted by Gasteiger charge is -2.44. The van der Waals surface area contributed by atoms with E-state index in [1.54, 1.807) is 24.3 Å². The van der Waals surface area contributed by atoms with E-state index in [2.05, 4.69) is 5.32 Å².